The summed E-state index contributed by atoms with van der Waals surface area (Å²) in [5, 5.41) is 4.92. The Balaban J connectivity index is 1.34. The van der Waals surface area contributed by atoms with Crippen LogP contribution in [0.5, 0.6) is 5.75 Å². The fraction of sp³-hybridized carbons (Fsp3) is 0.0714. The minimum Gasteiger partial charge on any atom is -0.487 e. The quantitative estimate of drug-likeness (QED) is 0.136. The van der Waals surface area contributed by atoms with Gasteiger partial charge in [-0.05, 0) is 91.4 Å². The number of benzene rings is 4. The van der Waals surface area contributed by atoms with Crippen molar-refractivity contribution in [2.24, 2.45) is 0 Å². The third-order valence-corrected chi connectivity index (χ3v) is 7.43. The summed E-state index contributed by atoms with van der Waals surface area (Å²) >= 11 is 4.42. The minimum absolute atomic E-state index is 0.134. The number of carbonyl (C=O) groups excluding carboxylic acids is 2. The molecule has 180 valence electrons. The van der Waals surface area contributed by atoms with Gasteiger partial charge in [-0.25, -0.2) is 9.18 Å². The molecule has 4 aromatic carbocycles. The molecule has 1 heterocycles. The average Bonchev–Trinajstić information content (AvgIpc) is 3.12. The molecule has 5 rings (SSSR count). The first kappa shape index (κ1) is 24.7. The van der Waals surface area contributed by atoms with Crippen molar-refractivity contribution in [3.05, 3.63) is 114 Å². The molecule has 8 heteroatoms. The fourth-order valence-corrected chi connectivity index (χ4v) is 6.18. The van der Waals surface area contributed by atoms with Gasteiger partial charge in [0.15, 0.2) is 0 Å². The summed E-state index contributed by atoms with van der Waals surface area (Å²) in [6, 6.07) is 23.7. The molecular formula is C28H19FI2N2O3. The van der Waals surface area contributed by atoms with Gasteiger partial charge in [0.05, 0.1) is 13.7 Å². The molecule has 0 unspecified atom stereocenters. The Bertz CT molecular complexity index is 1510. The molecule has 0 saturated carbocycles. The molecule has 0 aromatic heterocycles. The van der Waals surface area contributed by atoms with E-state index in [1.165, 1.54) is 6.07 Å². The van der Waals surface area contributed by atoms with Crippen molar-refractivity contribution >= 4 is 74.0 Å². The maximum Gasteiger partial charge on any atom is 0.329 e. The molecular weight excluding hydrogens is 685 g/mol. The highest BCUT2D eigenvalue weighted by Gasteiger charge is 2.34. The lowest BCUT2D eigenvalue weighted by Gasteiger charge is -2.13. The first-order valence-electron chi connectivity index (χ1n) is 11.1. The van der Waals surface area contributed by atoms with Crippen LogP contribution in [0.4, 0.5) is 9.18 Å². The molecule has 0 spiro atoms. The number of hydrogen-bond donors (Lipinski definition) is 1. The Labute approximate surface area is 234 Å². The highest BCUT2D eigenvalue weighted by atomic mass is 127. The Hall–Kier alpha value is -2.99. The number of fused-ring (bicyclic) bond motifs is 1. The number of imide groups is 1. The van der Waals surface area contributed by atoms with Crippen LogP contribution >= 0.6 is 45.2 Å². The summed E-state index contributed by atoms with van der Waals surface area (Å²) in [4.78, 5) is 26.3. The van der Waals surface area contributed by atoms with Crippen LogP contribution in [-0.4, -0.2) is 16.8 Å². The van der Waals surface area contributed by atoms with E-state index in [0.29, 0.717) is 6.61 Å². The molecule has 0 aliphatic carbocycles. The minimum atomic E-state index is -0.575. The lowest BCUT2D eigenvalue weighted by molar-refractivity contribution is -0.123. The van der Waals surface area contributed by atoms with E-state index < -0.39 is 17.8 Å². The third-order valence-electron chi connectivity index (χ3n) is 5.83. The maximum atomic E-state index is 14.0. The number of ether oxygens (including phenoxy) is 1. The fourth-order valence-electron chi connectivity index (χ4n) is 4.05. The van der Waals surface area contributed by atoms with Crippen LogP contribution in [-0.2, 0) is 17.9 Å². The van der Waals surface area contributed by atoms with E-state index in [1.54, 1.807) is 24.3 Å². The zero-order valence-corrected chi connectivity index (χ0v) is 23.1. The van der Waals surface area contributed by atoms with Crippen molar-refractivity contribution in [2.45, 2.75) is 13.2 Å². The van der Waals surface area contributed by atoms with Crippen molar-refractivity contribution in [2.75, 3.05) is 0 Å². The molecule has 1 fully saturated rings. The van der Waals surface area contributed by atoms with Crippen molar-refractivity contribution in [1.29, 1.82) is 0 Å². The van der Waals surface area contributed by atoms with E-state index in [9.17, 15) is 14.0 Å². The van der Waals surface area contributed by atoms with Gasteiger partial charge >= 0.3 is 6.03 Å². The highest BCUT2D eigenvalue weighted by Crippen LogP contribution is 2.31. The van der Waals surface area contributed by atoms with Crippen molar-refractivity contribution in [1.82, 2.24) is 10.2 Å². The number of amides is 3. The molecule has 0 radical (unpaired) electrons. The molecule has 0 bridgehead atoms. The Morgan fingerprint density at radius 1 is 0.889 bits per heavy atom. The van der Waals surface area contributed by atoms with E-state index in [1.807, 2.05) is 30.3 Å². The predicted molar refractivity (Wildman–Crippen MR) is 154 cm³/mol. The van der Waals surface area contributed by atoms with E-state index in [0.717, 1.165) is 39.7 Å². The van der Waals surface area contributed by atoms with Crippen LogP contribution in [0.15, 0.2) is 84.6 Å². The summed E-state index contributed by atoms with van der Waals surface area (Å²) in [6.07, 6.45) is 1.63. The third kappa shape index (κ3) is 5.10. The number of rotatable bonds is 6. The normalized spacial score (nSPS) is 14.5. The lowest BCUT2D eigenvalue weighted by Crippen LogP contribution is -2.30. The largest absolute Gasteiger partial charge is 0.487 e. The number of nitrogens with one attached hydrogen (secondary N) is 1. The standard InChI is InChI=1S/C28H19FI2N2O3/c29-22-11-4-2-7-19(22)15-33-27(34)25(32-28(33)35)14-17-12-23(30)26(24(31)13-17)36-16-20-9-5-8-18-6-1-3-10-21(18)20/h1-14H,15-16H2,(H,32,35)/b25-14+. The molecule has 4 aromatic rings. The highest BCUT2D eigenvalue weighted by molar-refractivity contribution is 14.1. The van der Waals surface area contributed by atoms with Gasteiger partial charge in [0.1, 0.15) is 23.9 Å². The van der Waals surface area contributed by atoms with Crippen LogP contribution < -0.4 is 10.1 Å². The number of nitrogens with zero attached hydrogens (tertiary/aromatic N) is 1. The molecule has 1 aliphatic rings. The second kappa shape index (κ2) is 10.6. The van der Waals surface area contributed by atoms with E-state index in [-0.39, 0.29) is 17.8 Å². The van der Waals surface area contributed by atoms with Gasteiger partial charge < -0.3 is 10.1 Å². The summed E-state index contributed by atoms with van der Waals surface area (Å²) in [6.45, 7) is 0.290. The summed E-state index contributed by atoms with van der Waals surface area (Å²) in [5.74, 6) is -0.197. The molecule has 36 heavy (non-hydrogen) atoms. The second-order valence-corrected chi connectivity index (χ2v) is 10.5. The van der Waals surface area contributed by atoms with E-state index in [2.05, 4.69) is 74.8 Å². The van der Waals surface area contributed by atoms with Gasteiger partial charge in [-0.3, -0.25) is 9.69 Å². The Morgan fingerprint density at radius 3 is 2.33 bits per heavy atom. The number of carbonyl (C=O) groups is 2. The molecule has 1 aliphatic heterocycles. The maximum absolute atomic E-state index is 14.0. The first-order chi connectivity index (χ1) is 17.4. The van der Waals surface area contributed by atoms with Crippen LogP contribution in [0.3, 0.4) is 0 Å². The van der Waals surface area contributed by atoms with Crippen LogP contribution in [0.25, 0.3) is 16.8 Å². The smallest absolute Gasteiger partial charge is 0.329 e. The monoisotopic (exact) mass is 704 g/mol. The SMILES string of the molecule is O=C1N/C(=C/c2cc(I)c(OCc3cccc4ccccc34)c(I)c2)C(=O)N1Cc1ccccc1F. The van der Waals surface area contributed by atoms with Crippen LogP contribution in [0, 0.1) is 13.0 Å². The van der Waals surface area contributed by atoms with Gasteiger partial charge in [0, 0.05) is 5.56 Å². The summed E-state index contributed by atoms with van der Waals surface area (Å²) < 4.78 is 22.0. The first-order valence-corrected chi connectivity index (χ1v) is 13.2. The van der Waals surface area contributed by atoms with Gasteiger partial charge in [-0.1, -0.05) is 60.7 Å². The van der Waals surface area contributed by atoms with Crippen LogP contribution in [0.2, 0.25) is 0 Å². The van der Waals surface area contributed by atoms with E-state index >= 15 is 0 Å². The molecule has 5 nitrogen and oxygen atoms in total. The summed E-state index contributed by atoms with van der Waals surface area (Å²) in [5.41, 5.74) is 2.27. The van der Waals surface area contributed by atoms with Gasteiger partial charge in [0.2, 0.25) is 0 Å². The van der Waals surface area contributed by atoms with E-state index in [4.69, 9.17) is 4.74 Å². The zero-order chi connectivity index (χ0) is 25.2. The predicted octanol–water partition coefficient (Wildman–Crippen LogP) is 6.86. The van der Waals surface area contributed by atoms with Gasteiger partial charge in [0.25, 0.3) is 5.91 Å². The molecule has 3 amide bonds. The topological polar surface area (TPSA) is 58.6 Å². The lowest BCUT2D eigenvalue weighted by atomic mass is 10.1. The second-order valence-electron chi connectivity index (χ2n) is 8.21. The molecule has 0 atom stereocenters. The molecule has 1 N–H and O–H groups in total. The zero-order valence-electron chi connectivity index (χ0n) is 18.8. The number of halogens is 3. The van der Waals surface area contributed by atoms with Crippen molar-refractivity contribution in [3.63, 3.8) is 0 Å². The van der Waals surface area contributed by atoms with Gasteiger partial charge in [-0.15, -0.1) is 0 Å². The molecule has 1 saturated heterocycles. The van der Waals surface area contributed by atoms with Gasteiger partial charge in [-0.2, -0.15) is 0 Å². The van der Waals surface area contributed by atoms with Crippen LogP contribution in [0.1, 0.15) is 16.7 Å². The summed E-state index contributed by atoms with van der Waals surface area (Å²) in [7, 11) is 0. The average molecular weight is 704 g/mol. The van der Waals surface area contributed by atoms with Crippen molar-refractivity contribution in [3.8, 4) is 5.75 Å². The van der Waals surface area contributed by atoms with Crippen molar-refractivity contribution < 1.29 is 18.7 Å². The number of hydrogen-bond acceptors (Lipinski definition) is 3. The Morgan fingerprint density at radius 2 is 1.56 bits per heavy atom. The Kier molecular flexibility index (Phi) is 7.24. The number of urea groups is 1.